The SMILES string of the molecule is C/C=C\C(=C/C)N(CCN1CCCCC1)CC(=O)N(C)c1ccc(OC)cc1. The van der Waals surface area contributed by atoms with E-state index in [4.69, 9.17) is 4.74 Å². The molecule has 1 aliphatic rings. The Labute approximate surface area is 170 Å². The van der Waals surface area contributed by atoms with Gasteiger partial charge in [-0.3, -0.25) is 4.79 Å². The van der Waals surface area contributed by atoms with E-state index in [2.05, 4.69) is 22.0 Å². The predicted molar refractivity (Wildman–Crippen MR) is 117 cm³/mol. The van der Waals surface area contributed by atoms with E-state index < -0.39 is 0 Å². The van der Waals surface area contributed by atoms with Crippen molar-refractivity contribution >= 4 is 11.6 Å². The van der Waals surface area contributed by atoms with Gasteiger partial charge in [-0.15, -0.1) is 0 Å². The van der Waals surface area contributed by atoms with E-state index >= 15 is 0 Å². The van der Waals surface area contributed by atoms with Crippen molar-refractivity contribution in [1.29, 1.82) is 0 Å². The van der Waals surface area contributed by atoms with Crippen molar-refractivity contribution in [3.63, 3.8) is 0 Å². The zero-order chi connectivity index (χ0) is 20.4. The number of benzene rings is 1. The van der Waals surface area contributed by atoms with Crippen molar-refractivity contribution in [2.45, 2.75) is 33.1 Å². The minimum Gasteiger partial charge on any atom is -0.497 e. The van der Waals surface area contributed by atoms with E-state index in [0.717, 1.165) is 30.2 Å². The molecule has 28 heavy (non-hydrogen) atoms. The number of hydrogen-bond acceptors (Lipinski definition) is 4. The average Bonchev–Trinajstić information content (AvgIpc) is 2.75. The second kappa shape index (κ2) is 11.5. The number of likely N-dealkylation sites (N-methyl/N-ethyl adjacent to an activating group) is 1. The standard InChI is InChI=1S/C23H35N3O2/c1-5-10-20(6-2)26(18-17-25-15-8-7-9-16-25)19-23(27)24(3)21-11-13-22(28-4)14-12-21/h5-6,10-14H,7-9,15-19H2,1-4H3/b10-5-,20-6+. The van der Waals surface area contributed by atoms with Gasteiger partial charge >= 0.3 is 0 Å². The highest BCUT2D eigenvalue weighted by Crippen LogP contribution is 2.19. The Morgan fingerprint density at radius 1 is 1.14 bits per heavy atom. The molecule has 0 bridgehead atoms. The number of carbonyl (C=O) groups is 1. The summed E-state index contributed by atoms with van der Waals surface area (Å²) in [6.45, 7) is 8.59. The molecular formula is C23H35N3O2. The van der Waals surface area contributed by atoms with Gasteiger partial charge in [-0.2, -0.15) is 0 Å². The molecule has 0 aromatic heterocycles. The molecule has 1 saturated heterocycles. The average molecular weight is 386 g/mol. The lowest BCUT2D eigenvalue weighted by Crippen LogP contribution is -2.42. The number of rotatable bonds is 9. The molecule has 1 amide bonds. The van der Waals surface area contributed by atoms with Crippen molar-refractivity contribution in [2.24, 2.45) is 0 Å². The molecule has 5 nitrogen and oxygen atoms in total. The number of hydrogen-bond donors (Lipinski definition) is 0. The van der Waals surface area contributed by atoms with E-state index in [1.165, 1.54) is 32.4 Å². The third kappa shape index (κ3) is 6.41. The number of ether oxygens (including phenoxy) is 1. The van der Waals surface area contributed by atoms with Crippen molar-refractivity contribution in [3.8, 4) is 5.75 Å². The summed E-state index contributed by atoms with van der Waals surface area (Å²) in [5.74, 6) is 0.865. The fourth-order valence-electron chi connectivity index (χ4n) is 3.52. The smallest absolute Gasteiger partial charge is 0.246 e. The molecule has 1 fully saturated rings. The van der Waals surface area contributed by atoms with Gasteiger partial charge in [-0.25, -0.2) is 0 Å². The highest BCUT2D eigenvalue weighted by molar-refractivity contribution is 5.94. The van der Waals surface area contributed by atoms with Gasteiger partial charge in [0.25, 0.3) is 0 Å². The Morgan fingerprint density at radius 2 is 1.82 bits per heavy atom. The number of methoxy groups -OCH3 is 1. The number of amides is 1. The number of nitrogens with zero attached hydrogens (tertiary/aromatic N) is 3. The van der Waals surface area contributed by atoms with Crippen LogP contribution in [0.2, 0.25) is 0 Å². The molecule has 0 spiro atoms. The van der Waals surface area contributed by atoms with Crippen LogP contribution in [0.3, 0.4) is 0 Å². The summed E-state index contributed by atoms with van der Waals surface area (Å²) in [6.07, 6.45) is 10.1. The molecule has 1 aromatic rings. The molecule has 0 unspecified atom stereocenters. The maximum absolute atomic E-state index is 13.0. The van der Waals surface area contributed by atoms with E-state index in [-0.39, 0.29) is 5.91 Å². The van der Waals surface area contributed by atoms with E-state index in [1.54, 1.807) is 12.0 Å². The molecule has 2 rings (SSSR count). The molecular weight excluding hydrogens is 350 g/mol. The lowest BCUT2D eigenvalue weighted by atomic mass is 10.1. The summed E-state index contributed by atoms with van der Waals surface area (Å²) in [5.41, 5.74) is 1.96. The fourth-order valence-corrected chi connectivity index (χ4v) is 3.52. The summed E-state index contributed by atoms with van der Waals surface area (Å²) < 4.78 is 5.21. The molecule has 5 heteroatoms. The second-order valence-electron chi connectivity index (χ2n) is 7.19. The van der Waals surface area contributed by atoms with Crippen LogP contribution in [0.15, 0.2) is 48.2 Å². The zero-order valence-electron chi connectivity index (χ0n) is 17.9. The van der Waals surface area contributed by atoms with Gasteiger partial charge in [0, 0.05) is 31.5 Å². The Balaban J connectivity index is 2.04. The maximum Gasteiger partial charge on any atom is 0.246 e. The van der Waals surface area contributed by atoms with Crippen molar-refractivity contribution < 1.29 is 9.53 Å². The van der Waals surface area contributed by atoms with Crippen LogP contribution in [0.25, 0.3) is 0 Å². The highest BCUT2D eigenvalue weighted by Gasteiger charge is 2.18. The third-order valence-electron chi connectivity index (χ3n) is 5.29. The monoisotopic (exact) mass is 385 g/mol. The van der Waals surface area contributed by atoms with Crippen LogP contribution < -0.4 is 9.64 Å². The van der Waals surface area contributed by atoms with Crippen LogP contribution in [0.4, 0.5) is 5.69 Å². The Bertz CT molecular complexity index is 661. The highest BCUT2D eigenvalue weighted by atomic mass is 16.5. The van der Waals surface area contributed by atoms with E-state index in [1.807, 2.05) is 51.2 Å². The van der Waals surface area contributed by atoms with Crippen molar-refractivity contribution in [3.05, 3.63) is 48.2 Å². The Kier molecular flexibility index (Phi) is 9.08. The topological polar surface area (TPSA) is 36.0 Å². The predicted octanol–water partition coefficient (Wildman–Crippen LogP) is 3.93. The molecule has 0 radical (unpaired) electrons. The summed E-state index contributed by atoms with van der Waals surface area (Å²) >= 11 is 0. The minimum absolute atomic E-state index is 0.0765. The van der Waals surface area contributed by atoms with Crippen LogP contribution in [0.5, 0.6) is 5.75 Å². The molecule has 1 aliphatic heterocycles. The fraction of sp³-hybridized carbons (Fsp3) is 0.522. The molecule has 1 heterocycles. The second-order valence-corrected chi connectivity index (χ2v) is 7.19. The summed E-state index contributed by atoms with van der Waals surface area (Å²) in [7, 11) is 3.47. The molecule has 0 saturated carbocycles. The number of allylic oxidation sites excluding steroid dienone is 3. The molecule has 0 N–H and O–H groups in total. The largest absolute Gasteiger partial charge is 0.497 e. The molecule has 0 atom stereocenters. The van der Waals surface area contributed by atoms with Crippen LogP contribution in [-0.2, 0) is 4.79 Å². The van der Waals surface area contributed by atoms with Crippen LogP contribution >= 0.6 is 0 Å². The first-order valence-corrected chi connectivity index (χ1v) is 10.3. The van der Waals surface area contributed by atoms with Gasteiger partial charge in [0.1, 0.15) is 5.75 Å². The molecule has 1 aromatic carbocycles. The Hall–Kier alpha value is -2.27. The van der Waals surface area contributed by atoms with Gasteiger partial charge in [0.05, 0.1) is 13.7 Å². The van der Waals surface area contributed by atoms with Gasteiger partial charge in [0.15, 0.2) is 0 Å². The summed E-state index contributed by atoms with van der Waals surface area (Å²) in [4.78, 5) is 19.4. The van der Waals surface area contributed by atoms with Crippen molar-refractivity contribution in [2.75, 3.05) is 51.8 Å². The quantitative estimate of drug-likeness (QED) is 0.604. The minimum atomic E-state index is 0.0765. The first kappa shape index (κ1) is 22.0. The number of anilines is 1. The van der Waals surface area contributed by atoms with Crippen LogP contribution in [0, 0.1) is 0 Å². The van der Waals surface area contributed by atoms with Crippen molar-refractivity contribution in [1.82, 2.24) is 9.80 Å². The lowest BCUT2D eigenvalue weighted by Gasteiger charge is -2.32. The number of likely N-dealkylation sites (tertiary alicyclic amines) is 1. The van der Waals surface area contributed by atoms with Gasteiger partial charge in [0.2, 0.25) is 5.91 Å². The van der Waals surface area contributed by atoms with Gasteiger partial charge < -0.3 is 19.4 Å². The first-order valence-electron chi connectivity index (χ1n) is 10.3. The number of piperidine rings is 1. The Morgan fingerprint density at radius 3 is 2.39 bits per heavy atom. The third-order valence-corrected chi connectivity index (χ3v) is 5.29. The van der Waals surface area contributed by atoms with E-state index in [9.17, 15) is 4.79 Å². The van der Waals surface area contributed by atoms with Crippen LogP contribution in [-0.4, -0.2) is 62.6 Å². The van der Waals surface area contributed by atoms with E-state index in [0.29, 0.717) is 6.54 Å². The molecule has 154 valence electrons. The summed E-state index contributed by atoms with van der Waals surface area (Å²) in [6, 6.07) is 7.59. The normalized spacial score (nSPS) is 15.6. The molecule has 0 aliphatic carbocycles. The first-order chi connectivity index (χ1) is 13.6. The maximum atomic E-state index is 13.0. The van der Waals surface area contributed by atoms with Gasteiger partial charge in [-0.1, -0.05) is 18.6 Å². The zero-order valence-corrected chi connectivity index (χ0v) is 17.9. The summed E-state index contributed by atoms with van der Waals surface area (Å²) in [5, 5.41) is 0. The van der Waals surface area contributed by atoms with Crippen LogP contribution in [0.1, 0.15) is 33.1 Å². The number of carbonyl (C=O) groups excluding carboxylic acids is 1. The van der Waals surface area contributed by atoms with Gasteiger partial charge in [-0.05, 0) is 70.1 Å². The lowest BCUT2D eigenvalue weighted by molar-refractivity contribution is -0.119.